The van der Waals surface area contributed by atoms with Gasteiger partial charge in [0.1, 0.15) is 0 Å². The minimum Gasteiger partial charge on any atom is -0.310 e. The van der Waals surface area contributed by atoms with E-state index in [4.69, 9.17) is 0 Å². The predicted octanol–water partition coefficient (Wildman–Crippen LogP) is 5.04. The zero-order valence-electron chi connectivity index (χ0n) is 12.2. The van der Waals surface area contributed by atoms with Crippen LogP contribution < -0.4 is 5.32 Å². The molecule has 0 saturated heterocycles. The van der Waals surface area contributed by atoms with Crippen molar-refractivity contribution < 1.29 is 8.78 Å². The minimum absolute atomic E-state index is 0.0789. The first kappa shape index (κ1) is 15.4. The molecule has 1 N–H and O–H groups in total. The molecule has 1 atom stereocenters. The zero-order chi connectivity index (χ0) is 14.4. The zero-order valence-corrected chi connectivity index (χ0v) is 12.2. The van der Waals surface area contributed by atoms with Crippen LogP contribution in [0.1, 0.15) is 68.5 Å². The first-order chi connectivity index (χ1) is 9.66. The van der Waals surface area contributed by atoms with Crippen molar-refractivity contribution in [1.82, 2.24) is 5.32 Å². The summed E-state index contributed by atoms with van der Waals surface area (Å²) in [6, 6.07) is 8.86. The second-order valence-electron chi connectivity index (χ2n) is 5.86. The summed E-state index contributed by atoms with van der Waals surface area (Å²) in [5.41, 5.74) is 2.62. The normalized spacial score (nSPS) is 18.4. The van der Waals surface area contributed by atoms with Gasteiger partial charge in [-0.25, -0.2) is 8.78 Å². The quantitative estimate of drug-likeness (QED) is 0.770. The summed E-state index contributed by atoms with van der Waals surface area (Å²) in [5.74, 6) is 0.722. The fraction of sp³-hybridized carbons (Fsp3) is 0.647. The smallest absolute Gasteiger partial charge is 0.239 e. The van der Waals surface area contributed by atoms with E-state index in [1.807, 2.05) is 6.92 Å². The van der Waals surface area contributed by atoms with Gasteiger partial charge < -0.3 is 5.32 Å². The summed E-state index contributed by atoms with van der Waals surface area (Å²) >= 11 is 0. The fourth-order valence-electron chi connectivity index (χ4n) is 3.02. The van der Waals surface area contributed by atoms with Crippen LogP contribution in [-0.2, 0) is 0 Å². The molecule has 0 aromatic heterocycles. The Morgan fingerprint density at radius 3 is 2.35 bits per heavy atom. The van der Waals surface area contributed by atoms with Crippen LogP contribution in [0.4, 0.5) is 8.78 Å². The predicted molar refractivity (Wildman–Crippen MR) is 79.3 cm³/mol. The van der Waals surface area contributed by atoms with Crippen LogP contribution in [0.2, 0.25) is 0 Å². The van der Waals surface area contributed by atoms with Crippen LogP contribution in [0.15, 0.2) is 24.3 Å². The van der Waals surface area contributed by atoms with Crippen molar-refractivity contribution in [3.8, 4) is 0 Å². The average molecular weight is 281 g/mol. The molecule has 1 saturated carbocycles. The number of rotatable bonds is 6. The van der Waals surface area contributed by atoms with E-state index in [0.29, 0.717) is 6.54 Å². The van der Waals surface area contributed by atoms with Crippen molar-refractivity contribution in [1.29, 1.82) is 0 Å². The van der Waals surface area contributed by atoms with Gasteiger partial charge in [-0.15, -0.1) is 0 Å². The lowest BCUT2D eigenvalue weighted by molar-refractivity contribution is 0.136. The summed E-state index contributed by atoms with van der Waals surface area (Å²) < 4.78 is 24.2. The van der Waals surface area contributed by atoms with Crippen molar-refractivity contribution in [3.05, 3.63) is 35.4 Å². The summed E-state index contributed by atoms with van der Waals surface area (Å²) in [5, 5.41) is 3.15. The Labute approximate surface area is 120 Å². The molecule has 0 bridgehead atoms. The second kappa shape index (κ2) is 7.72. The average Bonchev–Trinajstić information content (AvgIpc) is 2.48. The molecule has 1 unspecified atom stereocenters. The van der Waals surface area contributed by atoms with E-state index in [1.54, 1.807) is 0 Å². The van der Waals surface area contributed by atoms with Crippen molar-refractivity contribution >= 4 is 0 Å². The van der Waals surface area contributed by atoms with Crippen molar-refractivity contribution in [2.75, 3.05) is 6.54 Å². The topological polar surface area (TPSA) is 12.0 Å². The minimum atomic E-state index is -2.22. The Bertz CT molecular complexity index is 382. The van der Waals surface area contributed by atoms with E-state index in [0.717, 1.165) is 5.92 Å². The Morgan fingerprint density at radius 2 is 1.75 bits per heavy atom. The van der Waals surface area contributed by atoms with E-state index < -0.39 is 6.43 Å². The van der Waals surface area contributed by atoms with Gasteiger partial charge in [0, 0.05) is 19.0 Å². The molecule has 1 aromatic rings. The molecule has 0 radical (unpaired) electrons. The highest BCUT2D eigenvalue weighted by molar-refractivity contribution is 5.27. The van der Waals surface area contributed by atoms with Crippen LogP contribution in [0, 0.1) is 0 Å². The summed E-state index contributed by atoms with van der Waals surface area (Å²) in [4.78, 5) is 0. The van der Waals surface area contributed by atoms with Crippen LogP contribution in [0.3, 0.4) is 0 Å². The van der Waals surface area contributed by atoms with Crippen molar-refractivity contribution in [3.63, 3.8) is 0 Å². The molecule has 112 valence electrons. The molecular weight excluding hydrogens is 256 g/mol. The van der Waals surface area contributed by atoms with Crippen LogP contribution in [-0.4, -0.2) is 13.0 Å². The molecule has 3 heteroatoms. The first-order valence-corrected chi connectivity index (χ1v) is 7.78. The summed E-state index contributed by atoms with van der Waals surface area (Å²) in [6.07, 6.45) is 4.38. The molecule has 1 aromatic carbocycles. The highest BCUT2D eigenvalue weighted by Crippen LogP contribution is 2.32. The van der Waals surface area contributed by atoms with Crippen LogP contribution in [0.5, 0.6) is 0 Å². The highest BCUT2D eigenvalue weighted by atomic mass is 19.3. The maximum absolute atomic E-state index is 12.1. The lowest BCUT2D eigenvalue weighted by Gasteiger charge is -2.22. The van der Waals surface area contributed by atoms with Gasteiger partial charge in [-0.1, -0.05) is 43.5 Å². The molecule has 1 nitrogen and oxygen atoms in total. The molecule has 1 aliphatic carbocycles. The lowest BCUT2D eigenvalue weighted by Crippen LogP contribution is -2.21. The van der Waals surface area contributed by atoms with Gasteiger partial charge in [-0.3, -0.25) is 0 Å². The van der Waals surface area contributed by atoms with E-state index in [2.05, 4.69) is 29.6 Å². The largest absolute Gasteiger partial charge is 0.310 e. The van der Waals surface area contributed by atoms with Crippen molar-refractivity contribution in [2.24, 2.45) is 0 Å². The Morgan fingerprint density at radius 1 is 1.10 bits per heavy atom. The Kier molecular flexibility index (Phi) is 5.96. The molecule has 2 rings (SSSR count). The molecule has 0 amide bonds. The number of halogens is 2. The van der Waals surface area contributed by atoms with Gasteiger partial charge in [0.05, 0.1) is 0 Å². The number of alkyl halides is 2. The molecular formula is C17H25F2N. The van der Waals surface area contributed by atoms with E-state index >= 15 is 0 Å². The third-order valence-corrected chi connectivity index (χ3v) is 4.33. The van der Waals surface area contributed by atoms with Crippen molar-refractivity contribution in [2.45, 2.75) is 63.8 Å². The molecule has 1 aliphatic rings. The SMILES string of the molecule is CC(NCCC(F)F)c1ccc(C2CCCCC2)cc1. The Hall–Kier alpha value is -0.960. The standard InChI is InChI=1S/C17H25F2N/c1-13(20-12-11-17(18)19)14-7-9-16(10-8-14)15-5-3-2-4-6-15/h7-10,13,15,17,20H,2-6,11-12H2,1H3. The van der Waals surface area contributed by atoms with E-state index in [9.17, 15) is 8.78 Å². The number of hydrogen-bond acceptors (Lipinski definition) is 1. The summed E-state index contributed by atoms with van der Waals surface area (Å²) in [7, 11) is 0. The van der Waals surface area contributed by atoms with Gasteiger partial charge in [0.15, 0.2) is 0 Å². The maximum Gasteiger partial charge on any atom is 0.239 e. The summed E-state index contributed by atoms with van der Waals surface area (Å²) in [6.45, 7) is 2.39. The number of hydrogen-bond donors (Lipinski definition) is 1. The monoisotopic (exact) mass is 281 g/mol. The van der Waals surface area contributed by atoms with Crippen LogP contribution >= 0.6 is 0 Å². The molecule has 0 spiro atoms. The van der Waals surface area contributed by atoms with Gasteiger partial charge >= 0.3 is 0 Å². The highest BCUT2D eigenvalue weighted by Gasteiger charge is 2.15. The molecule has 0 aliphatic heterocycles. The first-order valence-electron chi connectivity index (χ1n) is 7.78. The number of nitrogens with one attached hydrogen (secondary N) is 1. The van der Waals surface area contributed by atoms with Crippen LogP contribution in [0.25, 0.3) is 0 Å². The van der Waals surface area contributed by atoms with Gasteiger partial charge in [-0.05, 0) is 36.8 Å². The van der Waals surface area contributed by atoms with Gasteiger partial charge in [-0.2, -0.15) is 0 Å². The Balaban J connectivity index is 1.86. The van der Waals surface area contributed by atoms with E-state index in [1.165, 1.54) is 43.2 Å². The third kappa shape index (κ3) is 4.55. The molecule has 0 heterocycles. The van der Waals surface area contributed by atoms with Gasteiger partial charge in [0.2, 0.25) is 6.43 Å². The fourth-order valence-corrected chi connectivity index (χ4v) is 3.02. The lowest BCUT2D eigenvalue weighted by atomic mass is 9.84. The molecule has 20 heavy (non-hydrogen) atoms. The van der Waals surface area contributed by atoms with E-state index in [-0.39, 0.29) is 12.5 Å². The third-order valence-electron chi connectivity index (χ3n) is 4.33. The number of benzene rings is 1. The van der Waals surface area contributed by atoms with Gasteiger partial charge in [0.25, 0.3) is 0 Å². The molecule has 1 fully saturated rings. The second-order valence-corrected chi connectivity index (χ2v) is 5.86. The maximum atomic E-state index is 12.1.